The Kier molecular flexibility index (Phi) is 4.64. The number of ketones is 2. The molecule has 1 N–H and O–H groups in total. The van der Waals surface area contributed by atoms with E-state index in [1.54, 1.807) is 0 Å². The van der Waals surface area contributed by atoms with E-state index in [2.05, 4.69) is 9.88 Å². The largest absolute Gasteiger partial charge is 0.373 e. The molecule has 1 aliphatic rings. The summed E-state index contributed by atoms with van der Waals surface area (Å²) in [6.45, 7) is 11.1. The van der Waals surface area contributed by atoms with Crippen LogP contribution in [0.1, 0.15) is 52.9 Å². The first-order chi connectivity index (χ1) is 9.79. The van der Waals surface area contributed by atoms with Crippen molar-refractivity contribution in [3.63, 3.8) is 0 Å². The van der Waals surface area contributed by atoms with Gasteiger partial charge in [-0.2, -0.15) is 0 Å². The van der Waals surface area contributed by atoms with E-state index in [4.69, 9.17) is 4.74 Å². The van der Waals surface area contributed by atoms with Crippen molar-refractivity contribution in [1.29, 1.82) is 0 Å². The number of nitrogens with zero attached hydrogens (tertiary/aromatic N) is 1. The number of morpholine rings is 1. The molecule has 0 radical (unpaired) electrons. The zero-order valence-electron chi connectivity index (χ0n) is 13.4. The van der Waals surface area contributed by atoms with Gasteiger partial charge in [-0.1, -0.05) is 0 Å². The normalized spacial score (nSPS) is 23.3. The van der Waals surface area contributed by atoms with Gasteiger partial charge in [-0.25, -0.2) is 0 Å². The molecule has 1 saturated heterocycles. The lowest BCUT2D eigenvalue weighted by Gasteiger charge is -2.34. The van der Waals surface area contributed by atoms with Crippen LogP contribution in [-0.4, -0.2) is 53.3 Å². The summed E-state index contributed by atoms with van der Waals surface area (Å²) in [6.07, 6.45) is 0.279. The Labute approximate surface area is 125 Å². The Morgan fingerprint density at radius 1 is 1.24 bits per heavy atom. The number of Topliss-reactive ketones (excluding diaryl/α,β-unsaturated/α-hetero) is 2. The van der Waals surface area contributed by atoms with Gasteiger partial charge in [-0.3, -0.25) is 14.5 Å². The predicted molar refractivity (Wildman–Crippen MR) is 81.1 cm³/mol. The first-order valence-electron chi connectivity index (χ1n) is 7.40. The number of hydrogen-bond donors (Lipinski definition) is 1. The highest BCUT2D eigenvalue weighted by atomic mass is 16.5. The standard InChI is InChI=1S/C16H24N2O3/c1-9-6-18(7-10(2)21-9)8-14(20)16-11(3)15(13(5)19)12(4)17-16/h9-10,17H,6-8H2,1-5H3. The van der Waals surface area contributed by atoms with Gasteiger partial charge in [-0.15, -0.1) is 0 Å². The number of carbonyl (C=O) groups is 2. The minimum absolute atomic E-state index is 0.00563. The molecule has 116 valence electrons. The minimum Gasteiger partial charge on any atom is -0.373 e. The van der Waals surface area contributed by atoms with Crippen molar-refractivity contribution in [3.05, 3.63) is 22.5 Å². The molecule has 1 aliphatic heterocycles. The SMILES string of the molecule is CC(=O)c1c(C)[nH]c(C(=O)CN2CC(C)OC(C)C2)c1C. The molecule has 2 heterocycles. The monoisotopic (exact) mass is 292 g/mol. The number of H-pyrrole nitrogens is 1. The van der Waals surface area contributed by atoms with E-state index in [1.165, 1.54) is 6.92 Å². The maximum absolute atomic E-state index is 12.5. The van der Waals surface area contributed by atoms with Crippen LogP contribution >= 0.6 is 0 Å². The van der Waals surface area contributed by atoms with Gasteiger partial charge in [-0.05, 0) is 40.2 Å². The van der Waals surface area contributed by atoms with Gasteiger partial charge in [0, 0.05) is 24.3 Å². The Balaban J connectivity index is 2.14. The maximum atomic E-state index is 12.5. The predicted octanol–water partition coefficient (Wildman–Crippen LogP) is 2.13. The van der Waals surface area contributed by atoms with Crippen LogP contribution in [0, 0.1) is 13.8 Å². The number of aromatic nitrogens is 1. The van der Waals surface area contributed by atoms with E-state index in [0.717, 1.165) is 24.3 Å². The average molecular weight is 292 g/mol. The second-order valence-electron chi connectivity index (χ2n) is 6.06. The number of aromatic amines is 1. The second-order valence-corrected chi connectivity index (χ2v) is 6.06. The zero-order valence-corrected chi connectivity index (χ0v) is 13.4. The number of hydrogen-bond acceptors (Lipinski definition) is 4. The molecule has 0 aliphatic carbocycles. The van der Waals surface area contributed by atoms with Crippen LogP contribution < -0.4 is 0 Å². The molecule has 2 unspecified atom stereocenters. The van der Waals surface area contributed by atoms with E-state index < -0.39 is 0 Å². The summed E-state index contributed by atoms with van der Waals surface area (Å²) in [4.78, 5) is 29.3. The number of nitrogens with one attached hydrogen (secondary N) is 1. The van der Waals surface area contributed by atoms with Crippen LogP contribution in [0.25, 0.3) is 0 Å². The van der Waals surface area contributed by atoms with E-state index in [-0.39, 0.29) is 23.8 Å². The summed E-state index contributed by atoms with van der Waals surface area (Å²) < 4.78 is 5.68. The van der Waals surface area contributed by atoms with Crippen molar-refractivity contribution in [3.8, 4) is 0 Å². The highest BCUT2D eigenvalue weighted by Gasteiger charge is 2.26. The summed E-state index contributed by atoms with van der Waals surface area (Å²) in [6, 6.07) is 0. The third kappa shape index (κ3) is 3.41. The first kappa shape index (κ1) is 15.9. The molecule has 0 saturated carbocycles. The maximum Gasteiger partial charge on any atom is 0.193 e. The molecular formula is C16H24N2O3. The van der Waals surface area contributed by atoms with E-state index in [1.807, 2.05) is 27.7 Å². The Bertz CT molecular complexity index is 552. The quantitative estimate of drug-likeness (QED) is 0.864. The summed E-state index contributed by atoms with van der Waals surface area (Å²) in [5, 5.41) is 0. The van der Waals surface area contributed by atoms with Crippen molar-refractivity contribution in [2.45, 2.75) is 46.8 Å². The smallest absolute Gasteiger partial charge is 0.193 e. The van der Waals surface area contributed by atoms with Gasteiger partial charge in [0.15, 0.2) is 11.6 Å². The number of rotatable bonds is 4. The average Bonchev–Trinajstić information content (AvgIpc) is 2.63. The Morgan fingerprint density at radius 3 is 2.29 bits per heavy atom. The van der Waals surface area contributed by atoms with Gasteiger partial charge in [0.1, 0.15) is 0 Å². The van der Waals surface area contributed by atoms with Crippen LogP contribution in [0.3, 0.4) is 0 Å². The molecule has 21 heavy (non-hydrogen) atoms. The van der Waals surface area contributed by atoms with Crippen molar-refractivity contribution in [2.24, 2.45) is 0 Å². The number of carbonyl (C=O) groups excluding carboxylic acids is 2. The lowest BCUT2D eigenvalue weighted by atomic mass is 10.0. The fourth-order valence-corrected chi connectivity index (χ4v) is 3.25. The molecule has 1 fully saturated rings. The summed E-state index contributed by atoms with van der Waals surface area (Å²) >= 11 is 0. The molecular weight excluding hydrogens is 268 g/mol. The van der Waals surface area contributed by atoms with Crippen molar-refractivity contribution >= 4 is 11.6 Å². The van der Waals surface area contributed by atoms with E-state index in [9.17, 15) is 9.59 Å². The highest BCUT2D eigenvalue weighted by molar-refractivity contribution is 6.03. The van der Waals surface area contributed by atoms with Crippen LogP contribution in [0.4, 0.5) is 0 Å². The topological polar surface area (TPSA) is 62.4 Å². The molecule has 0 spiro atoms. The van der Waals surface area contributed by atoms with Crippen molar-refractivity contribution in [2.75, 3.05) is 19.6 Å². The minimum atomic E-state index is -0.00563. The van der Waals surface area contributed by atoms with Gasteiger partial charge >= 0.3 is 0 Å². The highest BCUT2D eigenvalue weighted by Crippen LogP contribution is 2.20. The van der Waals surface area contributed by atoms with Gasteiger partial charge in [0.05, 0.1) is 24.4 Å². The molecule has 1 aromatic rings. The summed E-state index contributed by atoms with van der Waals surface area (Å²) in [5.74, 6) is 0.0262. The van der Waals surface area contributed by atoms with Crippen molar-refractivity contribution < 1.29 is 14.3 Å². The third-order valence-electron chi connectivity index (χ3n) is 3.93. The molecule has 0 amide bonds. The fraction of sp³-hybridized carbons (Fsp3) is 0.625. The molecule has 0 bridgehead atoms. The molecule has 1 aromatic heterocycles. The molecule has 0 aromatic carbocycles. The Morgan fingerprint density at radius 2 is 1.81 bits per heavy atom. The summed E-state index contributed by atoms with van der Waals surface area (Å²) in [5.41, 5.74) is 2.73. The molecule has 5 heteroatoms. The molecule has 2 atom stereocenters. The van der Waals surface area contributed by atoms with Crippen LogP contribution in [0.2, 0.25) is 0 Å². The fourth-order valence-electron chi connectivity index (χ4n) is 3.25. The second kappa shape index (κ2) is 6.12. The zero-order chi connectivity index (χ0) is 15.7. The third-order valence-corrected chi connectivity index (χ3v) is 3.93. The van der Waals surface area contributed by atoms with E-state index >= 15 is 0 Å². The van der Waals surface area contributed by atoms with Crippen LogP contribution in [0.5, 0.6) is 0 Å². The number of ether oxygens (including phenoxy) is 1. The molecule has 2 rings (SSSR count). The lowest BCUT2D eigenvalue weighted by molar-refractivity contribution is -0.0652. The van der Waals surface area contributed by atoms with Crippen molar-refractivity contribution in [1.82, 2.24) is 9.88 Å². The van der Waals surface area contributed by atoms with Gasteiger partial charge in [0.2, 0.25) is 0 Å². The number of aryl methyl sites for hydroxylation is 1. The lowest BCUT2D eigenvalue weighted by Crippen LogP contribution is -2.47. The first-order valence-corrected chi connectivity index (χ1v) is 7.40. The van der Waals surface area contributed by atoms with Gasteiger partial charge in [0.25, 0.3) is 0 Å². The Hall–Kier alpha value is -1.46. The van der Waals surface area contributed by atoms with E-state index in [0.29, 0.717) is 17.8 Å². The van der Waals surface area contributed by atoms with Crippen LogP contribution in [0.15, 0.2) is 0 Å². The van der Waals surface area contributed by atoms with Crippen LogP contribution in [-0.2, 0) is 4.74 Å². The van der Waals surface area contributed by atoms with Gasteiger partial charge < -0.3 is 9.72 Å². The summed E-state index contributed by atoms with van der Waals surface area (Å²) in [7, 11) is 0. The molecule has 5 nitrogen and oxygen atoms in total.